The van der Waals surface area contributed by atoms with Gasteiger partial charge in [0.05, 0.1) is 12.6 Å². The molecule has 1 heterocycles. The Morgan fingerprint density at radius 2 is 2.05 bits per heavy atom. The number of benzene rings is 2. The fraction of sp³-hybridized carbons (Fsp3) is 0.294. The molecule has 21 heavy (non-hydrogen) atoms. The summed E-state index contributed by atoms with van der Waals surface area (Å²) < 4.78 is 6.93. The summed E-state index contributed by atoms with van der Waals surface area (Å²) in [6, 6.07) is 12.5. The Labute approximate surface area is 138 Å². The van der Waals surface area contributed by atoms with Crippen molar-refractivity contribution in [3.05, 3.63) is 62.6 Å². The lowest BCUT2D eigenvalue weighted by Gasteiger charge is -2.21. The first kappa shape index (κ1) is 14.9. The van der Waals surface area contributed by atoms with Crippen LogP contribution in [0.2, 0.25) is 5.02 Å². The Morgan fingerprint density at radius 1 is 1.29 bits per heavy atom. The molecular weight excluding hydrogens is 350 g/mol. The number of halogens is 2. The fourth-order valence-electron chi connectivity index (χ4n) is 2.78. The summed E-state index contributed by atoms with van der Waals surface area (Å²) in [6.07, 6.45) is 0.933. The third-order valence-electron chi connectivity index (χ3n) is 3.70. The lowest BCUT2D eigenvalue weighted by molar-refractivity contribution is 0.350. The smallest absolute Gasteiger partial charge is 0.127 e. The molecule has 4 heteroatoms. The minimum atomic E-state index is 0.0913. The predicted octanol–water partition coefficient (Wildman–Crippen LogP) is 4.74. The molecule has 0 radical (unpaired) electrons. The van der Waals surface area contributed by atoms with Crippen LogP contribution in [0.25, 0.3) is 0 Å². The van der Waals surface area contributed by atoms with Crippen LogP contribution in [0.1, 0.15) is 29.7 Å². The standard InChI is InChI=1S/C17H17BrClNO/c1-2-20-16(11-3-5-13(18)6-4-11)15-10-14(19)9-12-7-8-21-17(12)15/h3-6,9-10,16,20H,2,7-8H2,1H3. The van der Waals surface area contributed by atoms with Gasteiger partial charge >= 0.3 is 0 Å². The molecule has 0 aliphatic carbocycles. The van der Waals surface area contributed by atoms with Crippen LogP contribution in [0.5, 0.6) is 5.75 Å². The second-order valence-electron chi connectivity index (χ2n) is 5.12. The van der Waals surface area contributed by atoms with Crippen LogP contribution >= 0.6 is 27.5 Å². The summed E-state index contributed by atoms with van der Waals surface area (Å²) in [5, 5.41) is 4.31. The summed E-state index contributed by atoms with van der Waals surface area (Å²) in [6.45, 7) is 3.72. The first-order valence-corrected chi connectivity index (χ1v) is 8.30. The monoisotopic (exact) mass is 365 g/mol. The maximum absolute atomic E-state index is 6.29. The summed E-state index contributed by atoms with van der Waals surface area (Å²) in [4.78, 5) is 0. The zero-order chi connectivity index (χ0) is 14.8. The van der Waals surface area contributed by atoms with Crippen LogP contribution in [0.15, 0.2) is 40.9 Å². The highest BCUT2D eigenvalue weighted by Crippen LogP contribution is 2.38. The van der Waals surface area contributed by atoms with Crippen LogP contribution in [0, 0.1) is 0 Å². The van der Waals surface area contributed by atoms with E-state index in [1.165, 1.54) is 11.1 Å². The summed E-state index contributed by atoms with van der Waals surface area (Å²) in [5.74, 6) is 0.994. The van der Waals surface area contributed by atoms with Gasteiger partial charge in [0.15, 0.2) is 0 Å². The Hall–Kier alpha value is -1.03. The largest absolute Gasteiger partial charge is 0.493 e. The first-order valence-electron chi connectivity index (χ1n) is 7.13. The van der Waals surface area contributed by atoms with Crippen molar-refractivity contribution in [2.45, 2.75) is 19.4 Å². The van der Waals surface area contributed by atoms with Gasteiger partial charge in [-0.05, 0) is 41.9 Å². The third kappa shape index (κ3) is 3.10. The molecule has 0 aromatic heterocycles. The van der Waals surface area contributed by atoms with Crippen LogP contribution in [0.3, 0.4) is 0 Å². The molecule has 110 valence electrons. The minimum absolute atomic E-state index is 0.0913. The Morgan fingerprint density at radius 3 is 2.76 bits per heavy atom. The number of fused-ring (bicyclic) bond motifs is 1. The maximum atomic E-state index is 6.29. The number of ether oxygens (including phenoxy) is 1. The van der Waals surface area contributed by atoms with E-state index in [2.05, 4.69) is 52.4 Å². The van der Waals surface area contributed by atoms with Crippen molar-refractivity contribution in [3.8, 4) is 5.75 Å². The average Bonchev–Trinajstić information content (AvgIpc) is 2.93. The molecule has 2 aromatic rings. The van der Waals surface area contributed by atoms with E-state index >= 15 is 0 Å². The molecule has 2 aromatic carbocycles. The van der Waals surface area contributed by atoms with E-state index in [4.69, 9.17) is 16.3 Å². The van der Waals surface area contributed by atoms with E-state index in [-0.39, 0.29) is 6.04 Å². The van der Waals surface area contributed by atoms with Gasteiger partial charge in [0.1, 0.15) is 5.75 Å². The van der Waals surface area contributed by atoms with Crippen molar-refractivity contribution in [3.63, 3.8) is 0 Å². The van der Waals surface area contributed by atoms with Gasteiger partial charge in [-0.2, -0.15) is 0 Å². The normalized spacial score (nSPS) is 14.6. The van der Waals surface area contributed by atoms with Gasteiger partial charge in [-0.15, -0.1) is 0 Å². The SMILES string of the molecule is CCNC(c1ccc(Br)cc1)c1cc(Cl)cc2c1OCC2. The summed E-state index contributed by atoms with van der Waals surface area (Å²) in [7, 11) is 0. The molecule has 0 bridgehead atoms. The summed E-state index contributed by atoms with van der Waals surface area (Å²) >= 11 is 9.78. The second kappa shape index (κ2) is 6.39. The van der Waals surface area contributed by atoms with E-state index in [0.717, 1.165) is 40.4 Å². The van der Waals surface area contributed by atoms with Gasteiger partial charge < -0.3 is 10.1 Å². The van der Waals surface area contributed by atoms with Crippen molar-refractivity contribution < 1.29 is 4.74 Å². The predicted molar refractivity (Wildman–Crippen MR) is 90.3 cm³/mol. The quantitative estimate of drug-likeness (QED) is 0.844. The van der Waals surface area contributed by atoms with Crippen molar-refractivity contribution in [2.75, 3.05) is 13.2 Å². The highest BCUT2D eigenvalue weighted by molar-refractivity contribution is 9.10. The topological polar surface area (TPSA) is 21.3 Å². The van der Waals surface area contributed by atoms with Gasteiger partial charge in [0, 0.05) is 21.5 Å². The van der Waals surface area contributed by atoms with Gasteiger partial charge in [-0.1, -0.05) is 46.6 Å². The molecular formula is C17H17BrClNO. The average molecular weight is 367 g/mol. The first-order chi connectivity index (χ1) is 10.2. The zero-order valence-electron chi connectivity index (χ0n) is 11.8. The van der Waals surface area contributed by atoms with Crippen molar-refractivity contribution >= 4 is 27.5 Å². The van der Waals surface area contributed by atoms with Gasteiger partial charge in [0.25, 0.3) is 0 Å². The van der Waals surface area contributed by atoms with E-state index in [9.17, 15) is 0 Å². The molecule has 0 saturated carbocycles. The molecule has 0 spiro atoms. The fourth-order valence-corrected chi connectivity index (χ4v) is 3.29. The number of hydrogen-bond donors (Lipinski definition) is 1. The van der Waals surface area contributed by atoms with E-state index in [0.29, 0.717) is 0 Å². The van der Waals surface area contributed by atoms with Gasteiger partial charge in [0.2, 0.25) is 0 Å². The Balaban J connectivity index is 2.07. The van der Waals surface area contributed by atoms with Crippen molar-refractivity contribution in [1.82, 2.24) is 5.32 Å². The molecule has 1 aliphatic heterocycles. The lowest BCUT2D eigenvalue weighted by atomic mass is 9.95. The second-order valence-corrected chi connectivity index (χ2v) is 6.48. The van der Waals surface area contributed by atoms with Crippen LogP contribution in [0.4, 0.5) is 0 Å². The minimum Gasteiger partial charge on any atom is -0.493 e. The molecule has 0 amide bonds. The third-order valence-corrected chi connectivity index (χ3v) is 4.45. The van der Waals surface area contributed by atoms with Crippen LogP contribution < -0.4 is 10.1 Å². The Kier molecular flexibility index (Phi) is 4.53. The summed E-state index contributed by atoms with van der Waals surface area (Å²) in [5.41, 5.74) is 3.54. The molecule has 3 rings (SSSR count). The molecule has 1 unspecified atom stereocenters. The van der Waals surface area contributed by atoms with Gasteiger partial charge in [-0.3, -0.25) is 0 Å². The molecule has 1 N–H and O–H groups in total. The van der Waals surface area contributed by atoms with Gasteiger partial charge in [-0.25, -0.2) is 0 Å². The number of nitrogens with one attached hydrogen (secondary N) is 1. The van der Waals surface area contributed by atoms with E-state index in [1.807, 2.05) is 12.1 Å². The highest BCUT2D eigenvalue weighted by atomic mass is 79.9. The molecule has 1 aliphatic rings. The van der Waals surface area contributed by atoms with E-state index < -0.39 is 0 Å². The molecule has 1 atom stereocenters. The molecule has 0 saturated heterocycles. The zero-order valence-corrected chi connectivity index (χ0v) is 14.2. The number of rotatable bonds is 4. The van der Waals surface area contributed by atoms with E-state index in [1.54, 1.807) is 0 Å². The number of hydrogen-bond acceptors (Lipinski definition) is 2. The van der Waals surface area contributed by atoms with Crippen LogP contribution in [-0.2, 0) is 6.42 Å². The molecule has 0 fully saturated rings. The molecule has 2 nitrogen and oxygen atoms in total. The highest BCUT2D eigenvalue weighted by Gasteiger charge is 2.24. The van der Waals surface area contributed by atoms with Crippen molar-refractivity contribution in [1.29, 1.82) is 0 Å². The Bertz CT molecular complexity index is 642. The maximum Gasteiger partial charge on any atom is 0.127 e. The lowest BCUT2D eigenvalue weighted by Crippen LogP contribution is -2.22. The van der Waals surface area contributed by atoms with Crippen molar-refractivity contribution in [2.24, 2.45) is 0 Å². The van der Waals surface area contributed by atoms with Crippen LogP contribution in [-0.4, -0.2) is 13.2 Å².